The first-order valence-electron chi connectivity index (χ1n) is 9.28. The Morgan fingerprint density at radius 3 is 2.19 bits per heavy atom. The van der Waals surface area contributed by atoms with Crippen LogP contribution in [-0.4, -0.2) is 62.8 Å². The number of ether oxygens (including phenoxy) is 1. The van der Waals surface area contributed by atoms with E-state index in [2.05, 4.69) is 48.2 Å². The van der Waals surface area contributed by atoms with Gasteiger partial charge in [0.05, 0.1) is 13.2 Å². The average molecular weight is 492 g/mol. The molecule has 7 heteroatoms. The van der Waals surface area contributed by atoms with E-state index in [0.717, 1.165) is 44.4 Å². The van der Waals surface area contributed by atoms with Crippen molar-refractivity contribution in [2.45, 2.75) is 38.6 Å². The van der Waals surface area contributed by atoms with Crippen molar-refractivity contribution in [2.75, 3.05) is 46.4 Å². The second kappa shape index (κ2) is 10.6. The summed E-state index contributed by atoms with van der Waals surface area (Å²) in [5.74, 6) is 0.571. The number of benzene rings is 1. The van der Waals surface area contributed by atoms with Crippen LogP contribution >= 0.6 is 24.0 Å². The van der Waals surface area contributed by atoms with Gasteiger partial charge >= 0.3 is 0 Å². The molecular formula is C20H34FIN4O. The zero-order valence-corrected chi connectivity index (χ0v) is 19.5. The molecule has 27 heavy (non-hydrogen) atoms. The predicted molar refractivity (Wildman–Crippen MR) is 121 cm³/mol. The van der Waals surface area contributed by atoms with Gasteiger partial charge in [-0.2, -0.15) is 0 Å². The largest absolute Gasteiger partial charge is 0.379 e. The lowest BCUT2D eigenvalue weighted by molar-refractivity contribution is -0.00834. The second-order valence-electron chi connectivity index (χ2n) is 8.08. The van der Waals surface area contributed by atoms with Gasteiger partial charge in [0.15, 0.2) is 5.96 Å². The molecule has 1 aromatic carbocycles. The fourth-order valence-corrected chi connectivity index (χ4v) is 3.11. The molecule has 1 heterocycles. The third kappa shape index (κ3) is 7.19. The zero-order chi connectivity index (χ0) is 19.2. The number of nitrogens with zero attached hydrogens (tertiary/aromatic N) is 2. The third-order valence-corrected chi connectivity index (χ3v) is 5.10. The van der Waals surface area contributed by atoms with Gasteiger partial charge in [0.25, 0.3) is 0 Å². The number of nitrogens with one attached hydrogen (secondary N) is 2. The topological polar surface area (TPSA) is 48.9 Å². The molecule has 1 saturated heterocycles. The van der Waals surface area contributed by atoms with Crippen LogP contribution in [0.2, 0.25) is 0 Å². The molecule has 1 aromatic rings. The minimum absolute atomic E-state index is 0. The normalized spacial score (nSPS) is 16.6. The van der Waals surface area contributed by atoms with Crippen molar-refractivity contribution in [3.05, 3.63) is 35.6 Å². The summed E-state index contributed by atoms with van der Waals surface area (Å²) in [6.07, 6.45) is 0. The lowest BCUT2D eigenvalue weighted by Crippen LogP contribution is -2.57. The fourth-order valence-electron chi connectivity index (χ4n) is 3.11. The maximum atomic E-state index is 13.2. The Hall–Kier alpha value is -0.930. The summed E-state index contributed by atoms with van der Waals surface area (Å²) in [6.45, 7) is 13.7. The van der Waals surface area contributed by atoms with E-state index in [1.54, 1.807) is 7.05 Å². The van der Waals surface area contributed by atoms with Crippen LogP contribution in [0.1, 0.15) is 33.3 Å². The van der Waals surface area contributed by atoms with Crippen molar-refractivity contribution < 1.29 is 9.13 Å². The van der Waals surface area contributed by atoms with Crippen molar-refractivity contribution >= 4 is 29.9 Å². The van der Waals surface area contributed by atoms with Crippen LogP contribution in [0.3, 0.4) is 0 Å². The van der Waals surface area contributed by atoms with Crippen molar-refractivity contribution in [1.82, 2.24) is 15.5 Å². The molecule has 5 nitrogen and oxygen atoms in total. The summed E-state index contributed by atoms with van der Waals surface area (Å²) in [5.41, 5.74) is 0.981. The van der Waals surface area contributed by atoms with E-state index in [1.165, 1.54) is 12.1 Å². The molecule has 0 aromatic heterocycles. The van der Waals surface area contributed by atoms with Crippen LogP contribution in [0.5, 0.6) is 0 Å². The Morgan fingerprint density at radius 2 is 1.63 bits per heavy atom. The molecule has 0 radical (unpaired) electrons. The Labute approximate surface area is 180 Å². The van der Waals surface area contributed by atoms with Crippen LogP contribution in [0, 0.1) is 5.82 Å². The van der Waals surface area contributed by atoms with E-state index in [4.69, 9.17) is 4.74 Å². The standard InChI is InChI=1S/C20H33FN4O.HI/c1-19(2,16-6-8-17(21)9-7-16)14-23-18(22-5)24-15-20(3,4)25-10-12-26-13-11-25;/h6-9H,10-15H2,1-5H3,(H2,22,23,24);1H. The average Bonchev–Trinajstić information content (AvgIpc) is 2.63. The first-order valence-corrected chi connectivity index (χ1v) is 9.28. The molecule has 0 unspecified atom stereocenters. The van der Waals surface area contributed by atoms with E-state index in [-0.39, 0.29) is 40.7 Å². The summed E-state index contributed by atoms with van der Waals surface area (Å²) in [5, 5.41) is 6.84. The van der Waals surface area contributed by atoms with Gasteiger partial charge in [0.2, 0.25) is 0 Å². The Kier molecular flexibility index (Phi) is 9.44. The first kappa shape index (κ1) is 24.1. The number of hydrogen-bond donors (Lipinski definition) is 2. The van der Waals surface area contributed by atoms with Gasteiger partial charge in [-0.1, -0.05) is 26.0 Å². The van der Waals surface area contributed by atoms with E-state index in [1.807, 2.05) is 12.1 Å². The lowest BCUT2D eigenvalue weighted by Gasteiger charge is -2.41. The quantitative estimate of drug-likeness (QED) is 0.364. The van der Waals surface area contributed by atoms with E-state index in [0.29, 0.717) is 6.54 Å². The van der Waals surface area contributed by atoms with Gasteiger partial charge in [-0.05, 0) is 31.5 Å². The Balaban J connectivity index is 0.00000364. The number of rotatable bonds is 6. The molecule has 0 spiro atoms. The second-order valence-corrected chi connectivity index (χ2v) is 8.08. The highest BCUT2D eigenvalue weighted by molar-refractivity contribution is 14.0. The van der Waals surface area contributed by atoms with E-state index in [9.17, 15) is 4.39 Å². The molecule has 0 saturated carbocycles. The zero-order valence-electron chi connectivity index (χ0n) is 17.1. The van der Waals surface area contributed by atoms with Gasteiger partial charge in [-0.25, -0.2) is 4.39 Å². The molecule has 0 aliphatic carbocycles. The molecule has 1 aliphatic rings. The van der Waals surface area contributed by atoms with Crippen molar-refractivity contribution in [2.24, 2.45) is 4.99 Å². The minimum Gasteiger partial charge on any atom is -0.379 e. The predicted octanol–water partition coefficient (Wildman–Crippen LogP) is 3.00. The van der Waals surface area contributed by atoms with Crippen LogP contribution in [0.25, 0.3) is 0 Å². The van der Waals surface area contributed by atoms with Crippen LogP contribution in [0.4, 0.5) is 4.39 Å². The summed E-state index contributed by atoms with van der Waals surface area (Å²) in [7, 11) is 1.78. The SMILES string of the molecule is CN=C(NCC(C)(C)c1ccc(F)cc1)NCC(C)(C)N1CCOCC1.I. The highest BCUT2D eigenvalue weighted by Crippen LogP contribution is 2.22. The molecular weight excluding hydrogens is 458 g/mol. The van der Waals surface area contributed by atoms with E-state index >= 15 is 0 Å². The molecule has 154 valence electrons. The maximum Gasteiger partial charge on any atom is 0.191 e. The van der Waals surface area contributed by atoms with Gasteiger partial charge in [0, 0.05) is 44.2 Å². The highest BCUT2D eigenvalue weighted by Gasteiger charge is 2.28. The van der Waals surface area contributed by atoms with Crippen LogP contribution in [-0.2, 0) is 10.2 Å². The Morgan fingerprint density at radius 1 is 1.07 bits per heavy atom. The van der Waals surface area contributed by atoms with Gasteiger partial charge in [0.1, 0.15) is 5.82 Å². The molecule has 0 bridgehead atoms. The van der Waals surface area contributed by atoms with Crippen LogP contribution < -0.4 is 10.6 Å². The van der Waals surface area contributed by atoms with Crippen molar-refractivity contribution in [1.29, 1.82) is 0 Å². The maximum absolute atomic E-state index is 13.2. The number of guanidine groups is 1. The number of hydrogen-bond acceptors (Lipinski definition) is 3. The molecule has 1 aliphatic heterocycles. The number of morpholine rings is 1. The number of halogens is 2. The monoisotopic (exact) mass is 492 g/mol. The van der Waals surface area contributed by atoms with Crippen molar-refractivity contribution in [3.63, 3.8) is 0 Å². The van der Waals surface area contributed by atoms with Crippen molar-refractivity contribution in [3.8, 4) is 0 Å². The van der Waals surface area contributed by atoms with Gasteiger partial charge < -0.3 is 15.4 Å². The minimum atomic E-state index is -0.208. The van der Waals surface area contributed by atoms with Crippen LogP contribution in [0.15, 0.2) is 29.3 Å². The molecule has 0 atom stereocenters. The lowest BCUT2D eigenvalue weighted by atomic mass is 9.84. The van der Waals surface area contributed by atoms with Gasteiger partial charge in [-0.15, -0.1) is 24.0 Å². The fraction of sp³-hybridized carbons (Fsp3) is 0.650. The highest BCUT2D eigenvalue weighted by atomic mass is 127. The summed E-state index contributed by atoms with van der Waals surface area (Å²) in [6, 6.07) is 6.70. The number of aliphatic imine (C=N–C) groups is 1. The molecule has 0 amide bonds. The molecule has 1 fully saturated rings. The molecule has 2 N–H and O–H groups in total. The molecule has 2 rings (SSSR count). The van der Waals surface area contributed by atoms with Gasteiger partial charge in [-0.3, -0.25) is 9.89 Å². The summed E-state index contributed by atoms with van der Waals surface area (Å²) < 4.78 is 18.6. The first-order chi connectivity index (χ1) is 12.2. The third-order valence-electron chi connectivity index (χ3n) is 5.10. The summed E-state index contributed by atoms with van der Waals surface area (Å²) >= 11 is 0. The summed E-state index contributed by atoms with van der Waals surface area (Å²) in [4.78, 5) is 6.78. The smallest absolute Gasteiger partial charge is 0.191 e. The van der Waals surface area contributed by atoms with E-state index < -0.39 is 0 Å². The Bertz CT molecular complexity index is 599.